The van der Waals surface area contributed by atoms with Crippen LogP contribution in [0.15, 0.2) is 0 Å². The number of amides is 3. The molecule has 0 aliphatic carbocycles. The van der Waals surface area contributed by atoms with Gasteiger partial charge in [0.2, 0.25) is 17.7 Å². The number of primary amides is 1. The van der Waals surface area contributed by atoms with Crippen LogP contribution in [0.4, 0.5) is 0 Å². The summed E-state index contributed by atoms with van der Waals surface area (Å²) in [5, 5.41) is 5.67. The van der Waals surface area contributed by atoms with E-state index in [4.69, 9.17) is 5.73 Å². The topological polar surface area (TPSA) is 101 Å². The minimum atomic E-state index is -0.614. The summed E-state index contributed by atoms with van der Waals surface area (Å²) in [6.07, 6.45) is 14.2. The Bertz CT molecular complexity index is 427. The fourth-order valence-electron chi connectivity index (χ4n) is 3.12. The molecular formula is C22H43N3O3. The summed E-state index contributed by atoms with van der Waals surface area (Å²) in [7, 11) is 0. The van der Waals surface area contributed by atoms with Gasteiger partial charge in [0.1, 0.15) is 6.04 Å². The molecule has 0 bridgehead atoms. The smallest absolute Gasteiger partial charge is 0.239 e. The molecule has 164 valence electrons. The fraction of sp³-hybridized carbons (Fsp3) is 0.864. The lowest BCUT2D eigenvalue weighted by Gasteiger charge is -2.15. The number of nitrogens with one attached hydrogen (secondary N) is 2. The molecule has 0 aliphatic heterocycles. The highest BCUT2D eigenvalue weighted by molar-refractivity contribution is 5.86. The third-order valence-corrected chi connectivity index (χ3v) is 4.94. The second-order valence-corrected chi connectivity index (χ2v) is 7.70. The van der Waals surface area contributed by atoms with Crippen LogP contribution >= 0.6 is 0 Å². The van der Waals surface area contributed by atoms with Crippen molar-refractivity contribution >= 4 is 17.7 Å². The first-order valence-corrected chi connectivity index (χ1v) is 11.4. The largest absolute Gasteiger partial charge is 0.368 e. The van der Waals surface area contributed by atoms with Crippen LogP contribution in [0.25, 0.3) is 0 Å². The van der Waals surface area contributed by atoms with Crippen LogP contribution in [0.3, 0.4) is 0 Å². The molecule has 0 aromatic heterocycles. The first-order valence-electron chi connectivity index (χ1n) is 11.4. The summed E-state index contributed by atoms with van der Waals surface area (Å²) in [5.41, 5.74) is 5.41. The molecule has 0 unspecified atom stereocenters. The second-order valence-electron chi connectivity index (χ2n) is 7.70. The molecule has 0 aromatic carbocycles. The lowest BCUT2D eigenvalue weighted by atomic mass is 10.1. The zero-order valence-corrected chi connectivity index (χ0v) is 18.2. The van der Waals surface area contributed by atoms with Gasteiger partial charge in [-0.25, -0.2) is 0 Å². The van der Waals surface area contributed by atoms with Gasteiger partial charge in [0.15, 0.2) is 0 Å². The fourth-order valence-corrected chi connectivity index (χ4v) is 3.12. The van der Waals surface area contributed by atoms with Gasteiger partial charge in [-0.2, -0.15) is 0 Å². The Balaban J connectivity index is 3.79. The highest BCUT2D eigenvalue weighted by Crippen LogP contribution is 2.07. The summed E-state index contributed by atoms with van der Waals surface area (Å²) in [6.45, 7) is 4.93. The van der Waals surface area contributed by atoms with Gasteiger partial charge >= 0.3 is 0 Å². The molecular weight excluding hydrogens is 354 g/mol. The molecule has 4 N–H and O–H groups in total. The van der Waals surface area contributed by atoms with Crippen LogP contribution in [0, 0.1) is 0 Å². The Morgan fingerprint density at radius 2 is 1.25 bits per heavy atom. The average Bonchev–Trinajstić information content (AvgIpc) is 2.66. The van der Waals surface area contributed by atoms with Crippen LogP contribution in [-0.2, 0) is 14.4 Å². The highest BCUT2D eigenvalue weighted by Gasteiger charge is 2.17. The van der Waals surface area contributed by atoms with Crippen LogP contribution in [0.1, 0.15) is 110 Å². The molecule has 0 rings (SSSR count). The summed E-state index contributed by atoms with van der Waals surface area (Å²) in [5.74, 6) is -0.494. The van der Waals surface area contributed by atoms with E-state index in [2.05, 4.69) is 24.5 Å². The zero-order valence-electron chi connectivity index (χ0n) is 18.2. The number of rotatable bonds is 19. The molecule has 0 spiro atoms. The quantitative estimate of drug-likeness (QED) is 0.287. The molecule has 28 heavy (non-hydrogen) atoms. The maximum absolute atomic E-state index is 12.0. The normalized spacial score (nSPS) is 11.8. The minimum Gasteiger partial charge on any atom is -0.368 e. The second kappa shape index (κ2) is 18.8. The third kappa shape index (κ3) is 16.6. The Morgan fingerprint density at radius 3 is 1.79 bits per heavy atom. The SMILES string of the molecule is CCCCCCCC(=O)NCCCC[C@H](NC(=O)CCCCCCC)C(N)=O. The maximum atomic E-state index is 12.0. The van der Waals surface area contributed by atoms with Gasteiger partial charge in [0, 0.05) is 19.4 Å². The van der Waals surface area contributed by atoms with E-state index in [1.807, 2.05) is 0 Å². The van der Waals surface area contributed by atoms with Gasteiger partial charge < -0.3 is 16.4 Å². The van der Waals surface area contributed by atoms with Crippen LogP contribution in [0.5, 0.6) is 0 Å². The van der Waals surface area contributed by atoms with E-state index in [1.54, 1.807) is 0 Å². The van der Waals surface area contributed by atoms with Crippen molar-refractivity contribution in [3.8, 4) is 0 Å². The minimum absolute atomic E-state index is 0.0966. The number of hydrogen-bond acceptors (Lipinski definition) is 3. The van der Waals surface area contributed by atoms with Crippen LogP contribution in [0.2, 0.25) is 0 Å². The van der Waals surface area contributed by atoms with Gasteiger partial charge in [-0.05, 0) is 32.1 Å². The van der Waals surface area contributed by atoms with Gasteiger partial charge in [0.25, 0.3) is 0 Å². The Kier molecular flexibility index (Phi) is 17.7. The van der Waals surface area contributed by atoms with E-state index in [0.29, 0.717) is 25.8 Å². The van der Waals surface area contributed by atoms with Gasteiger partial charge in [0.05, 0.1) is 0 Å². The molecule has 6 nitrogen and oxygen atoms in total. The molecule has 0 heterocycles. The Hall–Kier alpha value is -1.59. The van der Waals surface area contributed by atoms with E-state index >= 15 is 0 Å². The number of nitrogens with two attached hydrogens (primary N) is 1. The van der Waals surface area contributed by atoms with Crippen molar-refractivity contribution < 1.29 is 14.4 Å². The van der Waals surface area contributed by atoms with Crippen LogP contribution < -0.4 is 16.4 Å². The van der Waals surface area contributed by atoms with E-state index < -0.39 is 11.9 Å². The van der Waals surface area contributed by atoms with Crippen molar-refractivity contribution in [2.45, 2.75) is 116 Å². The molecule has 3 amide bonds. The standard InChI is InChI=1S/C22H43N3O3/c1-3-5-7-9-11-16-20(26)24-18-14-13-15-19(22(23)28)25-21(27)17-12-10-8-6-4-2/h19H,3-18H2,1-2H3,(H2,23,28)(H,24,26)(H,25,27)/t19-/m0/s1. The van der Waals surface area contributed by atoms with E-state index in [0.717, 1.165) is 44.9 Å². The molecule has 0 radical (unpaired) electrons. The number of unbranched alkanes of at least 4 members (excludes halogenated alkanes) is 9. The summed E-state index contributed by atoms with van der Waals surface area (Å²) in [4.78, 5) is 35.3. The summed E-state index contributed by atoms with van der Waals surface area (Å²) in [6, 6.07) is -0.614. The van der Waals surface area contributed by atoms with E-state index in [-0.39, 0.29) is 11.8 Å². The van der Waals surface area contributed by atoms with Crippen molar-refractivity contribution in [3.63, 3.8) is 0 Å². The van der Waals surface area contributed by atoms with Crippen molar-refractivity contribution in [1.29, 1.82) is 0 Å². The molecule has 1 atom stereocenters. The average molecular weight is 398 g/mol. The zero-order chi connectivity index (χ0) is 21.0. The van der Waals surface area contributed by atoms with Crippen molar-refractivity contribution in [1.82, 2.24) is 10.6 Å². The number of hydrogen-bond donors (Lipinski definition) is 3. The van der Waals surface area contributed by atoms with E-state index in [1.165, 1.54) is 32.1 Å². The van der Waals surface area contributed by atoms with Crippen molar-refractivity contribution in [3.05, 3.63) is 0 Å². The predicted molar refractivity (Wildman–Crippen MR) is 115 cm³/mol. The first-order chi connectivity index (χ1) is 13.5. The Morgan fingerprint density at radius 1 is 0.714 bits per heavy atom. The lowest BCUT2D eigenvalue weighted by Crippen LogP contribution is -2.44. The molecule has 0 aliphatic rings. The first kappa shape index (κ1) is 26.4. The van der Waals surface area contributed by atoms with Gasteiger partial charge in [-0.1, -0.05) is 65.2 Å². The monoisotopic (exact) mass is 397 g/mol. The predicted octanol–water partition coefficient (Wildman–Crippen LogP) is 3.96. The maximum Gasteiger partial charge on any atom is 0.239 e. The molecule has 6 heteroatoms. The Labute approximate surface area is 171 Å². The van der Waals surface area contributed by atoms with Crippen molar-refractivity contribution in [2.75, 3.05) is 6.54 Å². The van der Waals surface area contributed by atoms with E-state index in [9.17, 15) is 14.4 Å². The lowest BCUT2D eigenvalue weighted by molar-refractivity contribution is -0.127. The highest BCUT2D eigenvalue weighted by atomic mass is 16.2. The molecule has 0 aromatic rings. The molecule has 0 fully saturated rings. The third-order valence-electron chi connectivity index (χ3n) is 4.94. The van der Waals surface area contributed by atoms with Gasteiger partial charge in [-0.3, -0.25) is 14.4 Å². The molecule has 0 saturated heterocycles. The number of carbonyl (C=O) groups is 3. The summed E-state index contributed by atoms with van der Waals surface area (Å²) < 4.78 is 0. The van der Waals surface area contributed by atoms with Gasteiger partial charge in [-0.15, -0.1) is 0 Å². The summed E-state index contributed by atoms with van der Waals surface area (Å²) >= 11 is 0. The van der Waals surface area contributed by atoms with Crippen LogP contribution in [-0.4, -0.2) is 30.3 Å². The number of carbonyl (C=O) groups excluding carboxylic acids is 3. The molecule has 0 saturated carbocycles. The van der Waals surface area contributed by atoms with Crippen molar-refractivity contribution in [2.24, 2.45) is 5.73 Å².